The molecule has 1 aromatic carbocycles. The molecule has 0 bridgehead atoms. The molecule has 0 radical (unpaired) electrons. The van der Waals surface area contributed by atoms with Gasteiger partial charge >= 0.3 is 6.36 Å². The van der Waals surface area contributed by atoms with Crippen molar-refractivity contribution in [3.8, 4) is 5.75 Å². The van der Waals surface area contributed by atoms with Crippen LogP contribution >= 0.6 is 0 Å². The summed E-state index contributed by atoms with van der Waals surface area (Å²) < 4.78 is 41.0. The minimum atomic E-state index is -4.62. The fourth-order valence-electron chi connectivity index (χ4n) is 4.24. The van der Waals surface area contributed by atoms with E-state index < -0.39 is 6.36 Å². The first-order valence-electron chi connectivity index (χ1n) is 9.01. The molecular weight excluding hydrogens is 313 g/mol. The topological polar surface area (TPSA) is 9.23 Å². The maximum absolute atomic E-state index is 12.3. The Balaban J connectivity index is 1.62. The lowest BCUT2D eigenvalue weighted by molar-refractivity contribution is -0.274. The second-order valence-electron chi connectivity index (χ2n) is 7.14. The predicted molar refractivity (Wildman–Crippen MR) is 89.0 cm³/mol. The number of rotatable bonds is 4. The third-order valence-corrected chi connectivity index (χ3v) is 5.46. The number of fused-ring (bicyclic) bond motifs is 1. The molecule has 0 unspecified atom stereocenters. The Morgan fingerprint density at radius 1 is 1.08 bits per heavy atom. The predicted octanol–water partition coefficient (Wildman–Crippen LogP) is 6.22. The molecule has 3 rings (SSSR count). The van der Waals surface area contributed by atoms with Crippen LogP contribution in [0.5, 0.6) is 5.75 Å². The molecule has 0 saturated heterocycles. The number of hydrogen-bond acceptors (Lipinski definition) is 1. The highest BCUT2D eigenvalue weighted by Crippen LogP contribution is 2.39. The van der Waals surface area contributed by atoms with Crippen LogP contribution in [0.3, 0.4) is 0 Å². The molecule has 1 nitrogen and oxygen atoms in total. The fraction of sp³-hybridized carbons (Fsp3) is 0.600. The van der Waals surface area contributed by atoms with E-state index in [0.29, 0.717) is 12.3 Å². The van der Waals surface area contributed by atoms with Crippen LogP contribution in [0.2, 0.25) is 0 Å². The van der Waals surface area contributed by atoms with E-state index in [2.05, 4.69) is 17.7 Å². The zero-order valence-electron chi connectivity index (χ0n) is 14.2. The van der Waals surface area contributed by atoms with E-state index in [-0.39, 0.29) is 5.75 Å². The van der Waals surface area contributed by atoms with Gasteiger partial charge in [-0.15, -0.1) is 13.2 Å². The van der Waals surface area contributed by atoms with Gasteiger partial charge in [0, 0.05) is 0 Å². The Kier molecular flexibility index (Phi) is 5.21. The first kappa shape index (κ1) is 17.4. The Labute approximate surface area is 141 Å². The summed E-state index contributed by atoms with van der Waals surface area (Å²) in [5, 5.41) is 0. The summed E-state index contributed by atoms with van der Waals surface area (Å²) in [5.41, 5.74) is 3.60. The summed E-state index contributed by atoms with van der Waals surface area (Å²) in [4.78, 5) is 0. The Bertz CT molecular complexity index is 595. The van der Waals surface area contributed by atoms with E-state index in [4.69, 9.17) is 0 Å². The SMILES string of the molecule is CCCC1CCC(C2=CCc3cc(OC(F)(F)F)ccc3C2)CC1. The maximum Gasteiger partial charge on any atom is 0.573 e. The molecular formula is C20H25F3O. The molecule has 2 aliphatic carbocycles. The summed E-state index contributed by atoms with van der Waals surface area (Å²) in [6.45, 7) is 2.25. The Morgan fingerprint density at radius 3 is 2.50 bits per heavy atom. The highest BCUT2D eigenvalue weighted by Gasteiger charge is 2.31. The molecule has 1 aromatic rings. The Hall–Kier alpha value is -1.45. The smallest absolute Gasteiger partial charge is 0.406 e. The van der Waals surface area contributed by atoms with Gasteiger partial charge in [-0.2, -0.15) is 0 Å². The lowest BCUT2D eigenvalue weighted by atomic mass is 9.74. The molecule has 24 heavy (non-hydrogen) atoms. The monoisotopic (exact) mass is 338 g/mol. The molecule has 0 N–H and O–H groups in total. The molecule has 2 aliphatic rings. The molecule has 0 aliphatic heterocycles. The Morgan fingerprint density at radius 2 is 1.83 bits per heavy atom. The molecule has 1 fully saturated rings. The van der Waals surface area contributed by atoms with Gasteiger partial charge in [-0.3, -0.25) is 0 Å². The minimum Gasteiger partial charge on any atom is -0.406 e. The van der Waals surface area contributed by atoms with Gasteiger partial charge < -0.3 is 4.74 Å². The van der Waals surface area contributed by atoms with Crippen molar-refractivity contribution in [2.24, 2.45) is 11.8 Å². The standard InChI is InChI=1S/C20H25F3O/c1-2-3-14-4-6-15(7-5-14)16-8-9-18-13-19(24-20(21,22)23)11-10-17(18)12-16/h8,10-11,13-15H,2-7,9,12H2,1H3. The van der Waals surface area contributed by atoms with Gasteiger partial charge in [0.15, 0.2) is 0 Å². The van der Waals surface area contributed by atoms with Crippen molar-refractivity contribution in [2.75, 3.05) is 0 Å². The highest BCUT2D eigenvalue weighted by atomic mass is 19.4. The maximum atomic E-state index is 12.3. The molecule has 0 spiro atoms. The van der Waals surface area contributed by atoms with Gasteiger partial charge in [0.1, 0.15) is 5.75 Å². The average Bonchev–Trinajstić information content (AvgIpc) is 2.54. The lowest BCUT2D eigenvalue weighted by Gasteiger charge is -2.32. The quantitative estimate of drug-likeness (QED) is 0.592. The van der Waals surface area contributed by atoms with Crippen molar-refractivity contribution in [1.29, 1.82) is 0 Å². The summed E-state index contributed by atoms with van der Waals surface area (Å²) in [6.07, 6.45) is 7.00. The van der Waals surface area contributed by atoms with Crippen LogP contribution in [0.15, 0.2) is 29.8 Å². The fourth-order valence-corrected chi connectivity index (χ4v) is 4.24. The van der Waals surface area contributed by atoms with Crippen LogP contribution < -0.4 is 4.74 Å². The van der Waals surface area contributed by atoms with Gasteiger partial charge in [0.05, 0.1) is 0 Å². The average molecular weight is 338 g/mol. The molecule has 0 atom stereocenters. The van der Waals surface area contributed by atoms with E-state index in [1.165, 1.54) is 56.2 Å². The van der Waals surface area contributed by atoms with E-state index in [0.717, 1.165) is 23.5 Å². The van der Waals surface area contributed by atoms with Crippen LogP contribution in [0.1, 0.15) is 56.6 Å². The first-order chi connectivity index (χ1) is 11.4. The third-order valence-electron chi connectivity index (χ3n) is 5.46. The van der Waals surface area contributed by atoms with Gasteiger partial charge in [-0.25, -0.2) is 0 Å². The van der Waals surface area contributed by atoms with Crippen LogP contribution in [0.25, 0.3) is 0 Å². The van der Waals surface area contributed by atoms with E-state index >= 15 is 0 Å². The lowest BCUT2D eigenvalue weighted by Crippen LogP contribution is -2.20. The van der Waals surface area contributed by atoms with Crippen molar-refractivity contribution in [3.05, 3.63) is 41.0 Å². The van der Waals surface area contributed by atoms with Crippen molar-refractivity contribution in [2.45, 2.75) is 64.7 Å². The van der Waals surface area contributed by atoms with Gasteiger partial charge in [0.2, 0.25) is 0 Å². The molecule has 0 amide bonds. The minimum absolute atomic E-state index is 0.113. The number of benzene rings is 1. The molecule has 4 heteroatoms. The third kappa shape index (κ3) is 4.34. The van der Waals surface area contributed by atoms with Crippen LogP contribution in [-0.4, -0.2) is 6.36 Å². The molecule has 1 saturated carbocycles. The molecule has 0 aromatic heterocycles. The van der Waals surface area contributed by atoms with Crippen molar-refractivity contribution in [1.82, 2.24) is 0 Å². The first-order valence-corrected chi connectivity index (χ1v) is 9.01. The summed E-state index contributed by atoms with van der Waals surface area (Å²) >= 11 is 0. The highest BCUT2D eigenvalue weighted by molar-refractivity contribution is 5.42. The summed E-state index contributed by atoms with van der Waals surface area (Å²) in [5.74, 6) is 1.44. The normalized spacial score (nSPS) is 24.2. The second kappa shape index (κ2) is 7.20. The number of alkyl halides is 3. The van der Waals surface area contributed by atoms with Gasteiger partial charge in [-0.05, 0) is 73.6 Å². The van der Waals surface area contributed by atoms with Crippen LogP contribution in [0.4, 0.5) is 13.2 Å². The van der Waals surface area contributed by atoms with Crippen molar-refractivity contribution >= 4 is 0 Å². The van der Waals surface area contributed by atoms with E-state index in [1.54, 1.807) is 6.07 Å². The van der Waals surface area contributed by atoms with Crippen molar-refractivity contribution < 1.29 is 17.9 Å². The van der Waals surface area contributed by atoms with Gasteiger partial charge in [0.25, 0.3) is 0 Å². The summed E-state index contributed by atoms with van der Waals surface area (Å²) in [6, 6.07) is 4.77. The molecule has 132 valence electrons. The van der Waals surface area contributed by atoms with Crippen LogP contribution in [-0.2, 0) is 12.8 Å². The van der Waals surface area contributed by atoms with E-state index in [9.17, 15) is 13.2 Å². The number of ether oxygens (including phenoxy) is 1. The largest absolute Gasteiger partial charge is 0.573 e. The second-order valence-corrected chi connectivity index (χ2v) is 7.14. The van der Waals surface area contributed by atoms with Gasteiger partial charge in [-0.1, -0.05) is 37.5 Å². The number of allylic oxidation sites excluding steroid dienone is 2. The van der Waals surface area contributed by atoms with Crippen molar-refractivity contribution in [3.63, 3.8) is 0 Å². The van der Waals surface area contributed by atoms with Crippen LogP contribution in [0, 0.1) is 11.8 Å². The molecule has 0 heterocycles. The zero-order valence-corrected chi connectivity index (χ0v) is 14.2. The number of halogens is 3. The number of hydrogen-bond donors (Lipinski definition) is 0. The zero-order chi connectivity index (χ0) is 17.2. The van der Waals surface area contributed by atoms with E-state index in [1.807, 2.05) is 0 Å². The summed E-state index contributed by atoms with van der Waals surface area (Å²) in [7, 11) is 0.